The van der Waals surface area contributed by atoms with Crippen LogP contribution < -0.4 is 4.90 Å². The highest BCUT2D eigenvalue weighted by Gasteiger charge is 2.17. The van der Waals surface area contributed by atoms with E-state index in [1.807, 2.05) is 28.7 Å². The maximum Gasteiger partial charge on any atom is 0.124 e. The van der Waals surface area contributed by atoms with Crippen molar-refractivity contribution in [3.8, 4) is 21.7 Å². The van der Waals surface area contributed by atoms with E-state index in [0.29, 0.717) is 0 Å². The summed E-state index contributed by atoms with van der Waals surface area (Å²) < 4.78 is 6.56. The lowest BCUT2D eigenvalue weighted by atomic mass is 10.0. The first kappa shape index (κ1) is 31.9. The molecule has 0 N–H and O–H groups in total. The number of hydrogen-bond donors (Lipinski definition) is 0. The van der Waals surface area contributed by atoms with Gasteiger partial charge in [0.1, 0.15) is 5.01 Å². The number of thiophene rings is 2. The quantitative estimate of drug-likeness (QED) is 0.173. The molecule has 0 saturated carbocycles. The van der Waals surface area contributed by atoms with Crippen LogP contribution in [0.15, 0.2) is 182 Å². The molecule has 12 aromatic rings. The normalized spacial score (nSPS) is 11.9. The van der Waals surface area contributed by atoms with Crippen molar-refractivity contribution in [2.75, 3.05) is 4.90 Å². The van der Waals surface area contributed by atoms with Crippen LogP contribution in [0.25, 0.3) is 93.8 Å². The van der Waals surface area contributed by atoms with Crippen LogP contribution in [0, 0.1) is 0 Å². The molecular formula is C51H30N2S3. The van der Waals surface area contributed by atoms with Crippen LogP contribution in [0.5, 0.6) is 0 Å². The van der Waals surface area contributed by atoms with Gasteiger partial charge in [0.05, 0.1) is 10.2 Å². The van der Waals surface area contributed by atoms with Crippen molar-refractivity contribution in [3.63, 3.8) is 0 Å². The van der Waals surface area contributed by atoms with Gasteiger partial charge in [0.2, 0.25) is 0 Å². The van der Waals surface area contributed by atoms with Crippen LogP contribution >= 0.6 is 34.0 Å². The molecule has 0 unspecified atom stereocenters. The Labute approximate surface area is 334 Å². The number of nitrogens with zero attached hydrogens (tertiary/aromatic N) is 2. The average Bonchev–Trinajstić information content (AvgIpc) is 3.98. The van der Waals surface area contributed by atoms with Gasteiger partial charge >= 0.3 is 0 Å². The van der Waals surface area contributed by atoms with E-state index in [0.717, 1.165) is 33.1 Å². The van der Waals surface area contributed by atoms with Crippen molar-refractivity contribution >= 4 is 123 Å². The fraction of sp³-hybridized carbons (Fsp3) is 0. The molecule has 0 bridgehead atoms. The maximum absolute atomic E-state index is 4.88. The number of hydrogen-bond acceptors (Lipinski definition) is 5. The Morgan fingerprint density at radius 1 is 0.339 bits per heavy atom. The molecule has 0 amide bonds. The fourth-order valence-corrected chi connectivity index (χ4v) is 11.8. The van der Waals surface area contributed by atoms with E-state index in [9.17, 15) is 0 Å². The largest absolute Gasteiger partial charge is 0.310 e. The summed E-state index contributed by atoms with van der Waals surface area (Å²) in [5, 5.41) is 11.4. The van der Waals surface area contributed by atoms with Gasteiger partial charge in [-0.3, -0.25) is 0 Å². The zero-order valence-corrected chi connectivity index (χ0v) is 32.4. The van der Waals surface area contributed by atoms with Gasteiger partial charge in [0, 0.05) is 63.0 Å². The van der Waals surface area contributed by atoms with E-state index in [1.54, 1.807) is 11.3 Å². The van der Waals surface area contributed by atoms with Crippen LogP contribution in [0.3, 0.4) is 0 Å². The van der Waals surface area contributed by atoms with Crippen molar-refractivity contribution in [1.29, 1.82) is 0 Å². The van der Waals surface area contributed by atoms with Gasteiger partial charge in [0.25, 0.3) is 0 Å². The number of benzene rings is 9. The first-order valence-electron chi connectivity index (χ1n) is 18.8. The molecular weight excluding hydrogens is 737 g/mol. The number of thiazole rings is 1. The standard InChI is InChI=1S/C51H30N2S3/c1-4-10-46-41(7-1)43-25-19-34-29-37(23-27-39(34)49(43)54-46)53(38-24-28-40-35(30-38)20-26-44-42-8-2-5-11-47(42)55-50(40)44)36-21-17-32(18-22-36)31-13-15-33(16-14-31)51-52-45-9-3-6-12-48(45)56-51/h1-30H. The number of para-hydroxylation sites is 1. The van der Waals surface area contributed by atoms with Gasteiger partial charge in [-0.05, 0) is 93.3 Å². The van der Waals surface area contributed by atoms with E-state index < -0.39 is 0 Å². The van der Waals surface area contributed by atoms with E-state index in [4.69, 9.17) is 4.98 Å². The summed E-state index contributed by atoms with van der Waals surface area (Å²) in [4.78, 5) is 7.28. The number of anilines is 3. The van der Waals surface area contributed by atoms with Crippen molar-refractivity contribution in [3.05, 3.63) is 182 Å². The summed E-state index contributed by atoms with van der Waals surface area (Å²) in [7, 11) is 0. The molecule has 0 aliphatic rings. The lowest BCUT2D eigenvalue weighted by molar-refractivity contribution is 1.29. The van der Waals surface area contributed by atoms with Crippen molar-refractivity contribution in [1.82, 2.24) is 4.98 Å². The van der Waals surface area contributed by atoms with Gasteiger partial charge < -0.3 is 4.90 Å². The lowest BCUT2D eigenvalue weighted by Crippen LogP contribution is -2.09. The summed E-state index contributed by atoms with van der Waals surface area (Å²) in [6.07, 6.45) is 0. The Kier molecular flexibility index (Phi) is 7.18. The molecule has 9 aromatic carbocycles. The zero-order chi connectivity index (χ0) is 36.7. The molecule has 262 valence electrons. The molecule has 2 nitrogen and oxygen atoms in total. The Morgan fingerprint density at radius 2 is 0.804 bits per heavy atom. The number of aromatic nitrogens is 1. The molecule has 3 aromatic heterocycles. The SMILES string of the molecule is c1ccc2sc(-c3ccc(-c4ccc(N(c5ccc6c(ccc7c8ccccc8sc67)c5)c5ccc6c(ccc7c8ccccc8sc67)c5)cc4)cc3)nc2c1. The van der Waals surface area contributed by atoms with Crippen molar-refractivity contribution < 1.29 is 0 Å². The van der Waals surface area contributed by atoms with Crippen LogP contribution in [-0.2, 0) is 0 Å². The van der Waals surface area contributed by atoms with Crippen LogP contribution in [0.4, 0.5) is 17.1 Å². The molecule has 56 heavy (non-hydrogen) atoms. The zero-order valence-electron chi connectivity index (χ0n) is 29.9. The number of fused-ring (bicyclic) bond motifs is 11. The Bertz CT molecular complexity index is 3290. The van der Waals surface area contributed by atoms with Crippen LogP contribution in [0.2, 0.25) is 0 Å². The smallest absolute Gasteiger partial charge is 0.124 e. The van der Waals surface area contributed by atoms with E-state index in [1.165, 1.54) is 77.7 Å². The van der Waals surface area contributed by atoms with Gasteiger partial charge in [-0.25, -0.2) is 4.98 Å². The van der Waals surface area contributed by atoms with Gasteiger partial charge in [0.15, 0.2) is 0 Å². The van der Waals surface area contributed by atoms with Crippen LogP contribution in [0.1, 0.15) is 0 Å². The third kappa shape index (κ3) is 5.09. The summed E-state index contributed by atoms with van der Waals surface area (Å²) in [5.41, 5.74) is 7.94. The molecule has 5 heteroatoms. The second-order valence-electron chi connectivity index (χ2n) is 14.3. The Hall–Kier alpha value is -6.37. The molecule has 0 aliphatic carbocycles. The van der Waals surface area contributed by atoms with Gasteiger partial charge in [-0.15, -0.1) is 34.0 Å². The Morgan fingerprint density at radius 3 is 1.38 bits per heavy atom. The summed E-state index contributed by atoms with van der Waals surface area (Å²) in [6.45, 7) is 0. The van der Waals surface area contributed by atoms with Crippen molar-refractivity contribution in [2.24, 2.45) is 0 Å². The third-order valence-electron chi connectivity index (χ3n) is 11.1. The molecule has 0 aliphatic heterocycles. The first-order valence-corrected chi connectivity index (χ1v) is 21.2. The topological polar surface area (TPSA) is 16.1 Å². The molecule has 3 heterocycles. The molecule has 12 rings (SSSR count). The second-order valence-corrected chi connectivity index (χ2v) is 17.5. The second kappa shape index (κ2) is 12.6. The predicted molar refractivity (Wildman–Crippen MR) is 246 cm³/mol. The highest BCUT2D eigenvalue weighted by atomic mass is 32.1. The Balaban J connectivity index is 0.964. The molecule has 0 atom stereocenters. The first-order chi connectivity index (χ1) is 27.7. The van der Waals surface area contributed by atoms with Crippen LogP contribution in [-0.4, -0.2) is 4.98 Å². The van der Waals surface area contributed by atoms with E-state index in [-0.39, 0.29) is 0 Å². The molecule has 0 radical (unpaired) electrons. The monoisotopic (exact) mass is 766 g/mol. The van der Waals surface area contributed by atoms with E-state index in [2.05, 4.69) is 181 Å². The minimum atomic E-state index is 1.05. The third-order valence-corrected chi connectivity index (χ3v) is 14.6. The number of rotatable bonds is 5. The minimum absolute atomic E-state index is 1.05. The van der Waals surface area contributed by atoms with E-state index >= 15 is 0 Å². The van der Waals surface area contributed by atoms with Gasteiger partial charge in [-0.1, -0.05) is 121 Å². The van der Waals surface area contributed by atoms with Gasteiger partial charge in [-0.2, -0.15) is 0 Å². The average molecular weight is 767 g/mol. The summed E-state index contributed by atoms with van der Waals surface area (Å²) in [5.74, 6) is 0. The molecule has 0 fully saturated rings. The molecule has 0 saturated heterocycles. The highest BCUT2D eigenvalue weighted by Crippen LogP contribution is 2.44. The lowest BCUT2D eigenvalue weighted by Gasteiger charge is -2.26. The molecule has 0 spiro atoms. The minimum Gasteiger partial charge on any atom is -0.310 e. The van der Waals surface area contributed by atoms with Crippen molar-refractivity contribution in [2.45, 2.75) is 0 Å². The fourth-order valence-electron chi connectivity index (χ4n) is 8.33. The maximum atomic E-state index is 4.88. The highest BCUT2D eigenvalue weighted by molar-refractivity contribution is 7.27. The summed E-state index contributed by atoms with van der Waals surface area (Å²) >= 11 is 5.51. The predicted octanol–water partition coefficient (Wildman–Crippen LogP) is 16.1. The summed E-state index contributed by atoms with van der Waals surface area (Å²) in [6, 6.07) is 66.8.